The molecule has 0 aliphatic heterocycles. The third kappa shape index (κ3) is 4.47. The summed E-state index contributed by atoms with van der Waals surface area (Å²) in [6, 6.07) is -0.165. The molecule has 0 radical (unpaired) electrons. The number of hydrogen-bond acceptors (Lipinski definition) is 2. The van der Waals surface area contributed by atoms with Crippen molar-refractivity contribution in [3.05, 3.63) is 0 Å². The van der Waals surface area contributed by atoms with Crippen molar-refractivity contribution in [1.82, 2.24) is 5.32 Å². The van der Waals surface area contributed by atoms with Gasteiger partial charge in [0.15, 0.2) is 0 Å². The summed E-state index contributed by atoms with van der Waals surface area (Å²) in [6.45, 7) is 0. The third-order valence-corrected chi connectivity index (χ3v) is 5.60. The first kappa shape index (κ1) is 15.8. The van der Waals surface area contributed by atoms with Gasteiger partial charge < -0.3 is 10.4 Å². The Labute approximate surface area is 128 Å². The number of aliphatic carboxylic acids is 1. The van der Waals surface area contributed by atoms with Crippen LogP contribution >= 0.6 is 15.9 Å². The van der Waals surface area contributed by atoms with Gasteiger partial charge in [0.25, 0.3) is 0 Å². The number of alkyl halides is 1. The SMILES string of the molecule is O=C(CC1CCC(Br)CC1)NC1CCCCC1C(=O)O. The fraction of sp³-hybridized carbons (Fsp3) is 0.867. The van der Waals surface area contributed by atoms with E-state index in [-0.39, 0.29) is 11.9 Å². The Bertz CT molecular complexity index is 353. The summed E-state index contributed by atoms with van der Waals surface area (Å²) in [7, 11) is 0. The third-order valence-electron chi connectivity index (χ3n) is 4.68. The minimum Gasteiger partial charge on any atom is -0.481 e. The highest BCUT2D eigenvalue weighted by Gasteiger charge is 2.32. The maximum Gasteiger partial charge on any atom is 0.308 e. The van der Waals surface area contributed by atoms with Crippen LogP contribution < -0.4 is 5.32 Å². The Morgan fingerprint density at radius 1 is 1.05 bits per heavy atom. The molecule has 0 spiro atoms. The van der Waals surface area contributed by atoms with Crippen molar-refractivity contribution >= 4 is 27.8 Å². The second-order valence-electron chi connectivity index (χ2n) is 6.23. The molecule has 0 aromatic rings. The van der Waals surface area contributed by atoms with Crippen LogP contribution in [0.3, 0.4) is 0 Å². The topological polar surface area (TPSA) is 66.4 Å². The molecule has 0 aromatic heterocycles. The molecular formula is C15H24BrNO3. The summed E-state index contributed by atoms with van der Waals surface area (Å²) in [5, 5.41) is 12.2. The van der Waals surface area contributed by atoms with Crippen molar-refractivity contribution in [3.8, 4) is 0 Å². The molecule has 114 valence electrons. The second kappa shape index (κ2) is 7.43. The Balaban J connectivity index is 1.79. The van der Waals surface area contributed by atoms with Crippen molar-refractivity contribution in [3.63, 3.8) is 0 Å². The minimum atomic E-state index is -0.769. The summed E-state index contributed by atoms with van der Waals surface area (Å²) in [5.41, 5.74) is 0. The van der Waals surface area contributed by atoms with Crippen LogP contribution in [0.4, 0.5) is 0 Å². The number of nitrogens with one attached hydrogen (secondary N) is 1. The lowest BCUT2D eigenvalue weighted by Gasteiger charge is -2.30. The highest BCUT2D eigenvalue weighted by Crippen LogP contribution is 2.31. The van der Waals surface area contributed by atoms with Crippen LogP contribution in [-0.2, 0) is 9.59 Å². The van der Waals surface area contributed by atoms with Gasteiger partial charge >= 0.3 is 5.97 Å². The Morgan fingerprint density at radius 2 is 1.70 bits per heavy atom. The zero-order valence-electron chi connectivity index (χ0n) is 11.8. The molecule has 2 saturated carbocycles. The molecule has 20 heavy (non-hydrogen) atoms. The zero-order chi connectivity index (χ0) is 14.5. The molecule has 2 rings (SSSR count). The van der Waals surface area contributed by atoms with E-state index >= 15 is 0 Å². The number of carboxylic acids is 1. The van der Waals surface area contributed by atoms with E-state index in [1.807, 2.05) is 0 Å². The van der Waals surface area contributed by atoms with Crippen molar-refractivity contribution in [2.45, 2.75) is 68.7 Å². The minimum absolute atomic E-state index is 0.0428. The van der Waals surface area contributed by atoms with Gasteiger partial charge in [-0.25, -0.2) is 0 Å². The molecule has 4 nitrogen and oxygen atoms in total. The van der Waals surface area contributed by atoms with Gasteiger partial charge in [0.1, 0.15) is 0 Å². The Hall–Kier alpha value is -0.580. The number of carbonyl (C=O) groups excluding carboxylic acids is 1. The van der Waals surface area contributed by atoms with E-state index in [2.05, 4.69) is 21.2 Å². The lowest BCUT2D eigenvalue weighted by molar-refractivity contribution is -0.144. The van der Waals surface area contributed by atoms with Crippen LogP contribution in [0.25, 0.3) is 0 Å². The molecule has 0 aromatic carbocycles. The second-order valence-corrected chi connectivity index (χ2v) is 7.52. The van der Waals surface area contributed by atoms with E-state index in [0.29, 0.717) is 23.6 Å². The predicted octanol–water partition coefficient (Wildman–Crippen LogP) is 3.09. The number of carbonyl (C=O) groups is 2. The van der Waals surface area contributed by atoms with Crippen LogP contribution in [0.5, 0.6) is 0 Å². The van der Waals surface area contributed by atoms with Crippen LogP contribution in [0.1, 0.15) is 57.8 Å². The molecule has 5 heteroatoms. The first-order valence-corrected chi connectivity index (χ1v) is 8.64. The molecule has 0 saturated heterocycles. The van der Waals surface area contributed by atoms with E-state index in [4.69, 9.17) is 0 Å². The van der Waals surface area contributed by atoms with Crippen LogP contribution in [0.15, 0.2) is 0 Å². The normalized spacial score (nSPS) is 34.5. The largest absolute Gasteiger partial charge is 0.481 e. The van der Waals surface area contributed by atoms with Gasteiger partial charge in [0, 0.05) is 17.3 Å². The first-order valence-electron chi connectivity index (χ1n) is 7.72. The summed E-state index contributed by atoms with van der Waals surface area (Å²) < 4.78 is 0. The number of halogens is 1. The van der Waals surface area contributed by atoms with Gasteiger partial charge in [-0.2, -0.15) is 0 Å². The maximum atomic E-state index is 12.1. The van der Waals surface area contributed by atoms with Gasteiger partial charge in [0.2, 0.25) is 5.91 Å². The van der Waals surface area contributed by atoms with Gasteiger partial charge in [-0.15, -0.1) is 0 Å². The summed E-state index contributed by atoms with van der Waals surface area (Å²) in [4.78, 5) is 23.9. The molecule has 2 unspecified atom stereocenters. The van der Waals surface area contributed by atoms with Crippen molar-refractivity contribution < 1.29 is 14.7 Å². The molecule has 2 aliphatic carbocycles. The predicted molar refractivity (Wildman–Crippen MR) is 80.8 cm³/mol. The molecule has 2 aliphatic rings. The fourth-order valence-corrected chi connectivity index (χ4v) is 3.98. The number of rotatable bonds is 4. The van der Waals surface area contributed by atoms with Gasteiger partial charge in [-0.05, 0) is 44.4 Å². The molecule has 0 heterocycles. The number of hydrogen-bond donors (Lipinski definition) is 2. The molecule has 2 atom stereocenters. The first-order chi connectivity index (χ1) is 9.56. The van der Waals surface area contributed by atoms with Crippen LogP contribution in [0, 0.1) is 11.8 Å². The van der Waals surface area contributed by atoms with Crippen molar-refractivity contribution in [2.24, 2.45) is 11.8 Å². The average molecular weight is 346 g/mol. The monoisotopic (exact) mass is 345 g/mol. The van der Waals surface area contributed by atoms with Gasteiger partial charge in [0.05, 0.1) is 5.92 Å². The molecule has 2 N–H and O–H groups in total. The summed E-state index contributed by atoms with van der Waals surface area (Å²) in [6.07, 6.45) is 8.49. The van der Waals surface area contributed by atoms with E-state index in [1.165, 1.54) is 0 Å². The van der Waals surface area contributed by atoms with E-state index in [0.717, 1.165) is 44.9 Å². The molecular weight excluding hydrogens is 322 g/mol. The lowest BCUT2D eigenvalue weighted by atomic mass is 9.83. The fourth-order valence-electron chi connectivity index (χ4n) is 3.45. The van der Waals surface area contributed by atoms with Crippen molar-refractivity contribution in [2.75, 3.05) is 0 Å². The highest BCUT2D eigenvalue weighted by molar-refractivity contribution is 9.09. The van der Waals surface area contributed by atoms with Crippen LogP contribution in [0.2, 0.25) is 0 Å². The smallest absolute Gasteiger partial charge is 0.308 e. The molecule has 1 amide bonds. The van der Waals surface area contributed by atoms with Crippen LogP contribution in [-0.4, -0.2) is 27.9 Å². The maximum absolute atomic E-state index is 12.1. The quantitative estimate of drug-likeness (QED) is 0.769. The van der Waals surface area contributed by atoms with Gasteiger partial charge in [-0.3, -0.25) is 9.59 Å². The summed E-state index contributed by atoms with van der Waals surface area (Å²) in [5.74, 6) is -0.655. The molecule has 2 fully saturated rings. The van der Waals surface area contributed by atoms with Crippen molar-refractivity contribution in [1.29, 1.82) is 0 Å². The van der Waals surface area contributed by atoms with E-state index < -0.39 is 11.9 Å². The Morgan fingerprint density at radius 3 is 2.35 bits per heavy atom. The standard InChI is InChI=1S/C15H24BrNO3/c16-11-7-5-10(6-8-11)9-14(18)17-13-4-2-1-3-12(13)15(19)20/h10-13H,1-9H2,(H,17,18)(H,19,20). The number of amides is 1. The lowest BCUT2D eigenvalue weighted by Crippen LogP contribution is -2.45. The molecule has 0 bridgehead atoms. The average Bonchev–Trinajstić information content (AvgIpc) is 2.41. The van der Waals surface area contributed by atoms with Gasteiger partial charge in [-0.1, -0.05) is 28.8 Å². The highest BCUT2D eigenvalue weighted by atomic mass is 79.9. The van der Waals surface area contributed by atoms with E-state index in [1.54, 1.807) is 0 Å². The summed E-state index contributed by atoms with van der Waals surface area (Å²) >= 11 is 3.62. The zero-order valence-corrected chi connectivity index (χ0v) is 13.4. The van der Waals surface area contributed by atoms with E-state index in [9.17, 15) is 14.7 Å². The number of carboxylic acid groups (broad SMARTS) is 1. The Kier molecular flexibility index (Phi) is 5.87.